The highest BCUT2D eigenvalue weighted by molar-refractivity contribution is 5.75. The van der Waals surface area contributed by atoms with Crippen LogP contribution in [0.4, 0.5) is 4.39 Å². The lowest BCUT2D eigenvalue weighted by Crippen LogP contribution is -2.24. The third kappa shape index (κ3) is 4.01. The first kappa shape index (κ1) is 17.5. The fraction of sp³-hybridized carbons (Fsp3) is 0.381. The molecule has 0 saturated heterocycles. The summed E-state index contributed by atoms with van der Waals surface area (Å²) in [5, 5.41) is 0. The molecular weight excluding hydrogens is 319 g/mol. The van der Waals surface area contributed by atoms with Gasteiger partial charge in [-0.15, -0.1) is 0 Å². The average molecular weight is 342 g/mol. The van der Waals surface area contributed by atoms with Crippen molar-refractivity contribution in [2.45, 2.75) is 45.6 Å². The first-order chi connectivity index (χ1) is 11.9. The van der Waals surface area contributed by atoms with Crippen LogP contribution in [0, 0.1) is 5.82 Å². The Morgan fingerprint density at radius 1 is 1.28 bits per heavy atom. The Morgan fingerprint density at radius 2 is 2.08 bits per heavy atom. The van der Waals surface area contributed by atoms with E-state index in [1.54, 1.807) is 13.0 Å². The Hall–Kier alpha value is -2.36. The van der Waals surface area contributed by atoms with Crippen LogP contribution in [0.15, 0.2) is 36.4 Å². The maximum Gasteiger partial charge on any atom is 0.165 e. The molecule has 0 fully saturated rings. The molecule has 1 heterocycles. The summed E-state index contributed by atoms with van der Waals surface area (Å²) in [5.41, 5.74) is 2.68. The van der Waals surface area contributed by atoms with Gasteiger partial charge in [0.2, 0.25) is 0 Å². The minimum Gasteiger partial charge on any atom is -0.491 e. The molecule has 1 aliphatic rings. The molecule has 3 rings (SSSR count). The van der Waals surface area contributed by atoms with E-state index in [0.717, 1.165) is 28.9 Å². The predicted molar refractivity (Wildman–Crippen MR) is 95.7 cm³/mol. The molecule has 132 valence electrons. The van der Waals surface area contributed by atoms with E-state index < -0.39 is 5.82 Å². The third-order valence-corrected chi connectivity index (χ3v) is 4.30. The number of rotatable bonds is 6. The number of carbonyl (C=O) groups is 1. The summed E-state index contributed by atoms with van der Waals surface area (Å²) in [4.78, 5) is 10.9. The van der Waals surface area contributed by atoms with Crippen molar-refractivity contribution >= 4 is 5.78 Å². The van der Waals surface area contributed by atoms with E-state index in [4.69, 9.17) is 9.47 Å². The van der Waals surface area contributed by atoms with Crippen LogP contribution in [0.3, 0.4) is 0 Å². The zero-order valence-corrected chi connectivity index (χ0v) is 14.9. The Balaban J connectivity index is 1.78. The van der Waals surface area contributed by atoms with Crippen LogP contribution in [-0.4, -0.2) is 18.0 Å². The molecule has 0 radical (unpaired) electrons. The molecule has 0 aromatic heterocycles. The van der Waals surface area contributed by atoms with E-state index >= 15 is 0 Å². The van der Waals surface area contributed by atoms with Gasteiger partial charge in [-0.1, -0.05) is 18.2 Å². The van der Waals surface area contributed by atoms with Crippen molar-refractivity contribution in [2.24, 2.45) is 0 Å². The third-order valence-electron chi connectivity index (χ3n) is 4.30. The van der Waals surface area contributed by atoms with Crippen molar-refractivity contribution in [3.8, 4) is 22.6 Å². The second-order valence-corrected chi connectivity index (χ2v) is 7.12. The number of carbonyl (C=O) groups excluding carboxylic acids is 1. The monoisotopic (exact) mass is 342 g/mol. The Kier molecular flexibility index (Phi) is 4.80. The van der Waals surface area contributed by atoms with Gasteiger partial charge < -0.3 is 14.3 Å². The summed E-state index contributed by atoms with van der Waals surface area (Å²) in [5.74, 6) is 0.808. The van der Waals surface area contributed by atoms with Crippen molar-refractivity contribution in [1.29, 1.82) is 0 Å². The molecular formula is C21H23FO3. The summed E-state index contributed by atoms with van der Waals surface area (Å²) in [6.07, 6.45) is 1.84. The van der Waals surface area contributed by atoms with Crippen LogP contribution in [0.2, 0.25) is 0 Å². The smallest absolute Gasteiger partial charge is 0.165 e. The van der Waals surface area contributed by atoms with Gasteiger partial charge in [0.1, 0.15) is 17.1 Å². The number of fused-ring (bicyclic) bond motifs is 1. The maximum atomic E-state index is 14.4. The van der Waals surface area contributed by atoms with E-state index in [0.29, 0.717) is 19.4 Å². The van der Waals surface area contributed by atoms with E-state index in [2.05, 4.69) is 13.8 Å². The molecule has 4 heteroatoms. The van der Waals surface area contributed by atoms with Crippen molar-refractivity contribution in [3.05, 3.63) is 47.8 Å². The zero-order valence-electron chi connectivity index (χ0n) is 14.9. The number of halogens is 1. The molecule has 0 saturated carbocycles. The SMILES string of the molecule is CC(=O)CCCOc1ccc(-c2cccc3c2CC(C)(C)O3)cc1F. The van der Waals surface area contributed by atoms with Crippen molar-refractivity contribution < 1.29 is 18.7 Å². The van der Waals surface area contributed by atoms with E-state index in [1.165, 1.54) is 6.07 Å². The van der Waals surface area contributed by atoms with Crippen LogP contribution in [-0.2, 0) is 11.2 Å². The summed E-state index contributed by atoms with van der Waals surface area (Å²) >= 11 is 0. The molecule has 0 unspecified atom stereocenters. The van der Waals surface area contributed by atoms with Crippen LogP contribution in [0.25, 0.3) is 11.1 Å². The summed E-state index contributed by atoms with van der Waals surface area (Å²) < 4.78 is 25.8. The Morgan fingerprint density at radius 3 is 2.80 bits per heavy atom. The first-order valence-electron chi connectivity index (χ1n) is 8.59. The van der Waals surface area contributed by atoms with Crippen molar-refractivity contribution in [1.82, 2.24) is 0 Å². The van der Waals surface area contributed by atoms with Crippen LogP contribution in [0.1, 0.15) is 39.2 Å². The lowest BCUT2D eigenvalue weighted by molar-refractivity contribution is -0.117. The van der Waals surface area contributed by atoms with Crippen LogP contribution < -0.4 is 9.47 Å². The molecule has 0 amide bonds. The fourth-order valence-corrected chi connectivity index (χ4v) is 3.16. The molecule has 3 nitrogen and oxygen atoms in total. The maximum absolute atomic E-state index is 14.4. The molecule has 0 spiro atoms. The van der Waals surface area contributed by atoms with Crippen LogP contribution in [0.5, 0.6) is 11.5 Å². The minimum atomic E-state index is -0.392. The highest BCUT2D eigenvalue weighted by Crippen LogP contribution is 2.41. The minimum absolute atomic E-state index is 0.113. The van der Waals surface area contributed by atoms with Gasteiger partial charge in [0.25, 0.3) is 0 Å². The topological polar surface area (TPSA) is 35.5 Å². The van der Waals surface area contributed by atoms with E-state index in [1.807, 2.05) is 24.3 Å². The molecule has 25 heavy (non-hydrogen) atoms. The van der Waals surface area contributed by atoms with E-state index in [9.17, 15) is 9.18 Å². The number of hydrogen-bond acceptors (Lipinski definition) is 3. The van der Waals surface area contributed by atoms with E-state index in [-0.39, 0.29) is 17.1 Å². The van der Waals surface area contributed by atoms with Gasteiger partial charge in [0.15, 0.2) is 11.6 Å². The van der Waals surface area contributed by atoms with Crippen molar-refractivity contribution in [2.75, 3.05) is 6.61 Å². The summed E-state index contributed by atoms with van der Waals surface area (Å²) in [6.45, 7) is 5.97. The second kappa shape index (κ2) is 6.87. The predicted octanol–water partition coefficient (Wildman–Crippen LogP) is 4.95. The molecule has 0 aliphatic carbocycles. The lowest BCUT2D eigenvalue weighted by Gasteiger charge is -2.16. The molecule has 0 atom stereocenters. The lowest BCUT2D eigenvalue weighted by atomic mass is 9.93. The number of hydrogen-bond donors (Lipinski definition) is 0. The Labute approximate surface area is 147 Å². The number of ether oxygens (including phenoxy) is 2. The molecule has 2 aromatic carbocycles. The highest BCUT2D eigenvalue weighted by Gasteiger charge is 2.31. The quantitative estimate of drug-likeness (QED) is 0.697. The van der Waals surface area contributed by atoms with Gasteiger partial charge in [-0.3, -0.25) is 0 Å². The number of benzene rings is 2. The standard InChI is InChI=1S/C21H23FO3/c1-14(23)6-5-11-24-20-10-9-15(12-18(20)22)16-7-4-8-19-17(16)13-21(2,3)25-19/h4,7-10,12H,5-6,11,13H2,1-3H3. The molecule has 2 aromatic rings. The van der Waals surface area contributed by atoms with Gasteiger partial charge in [-0.25, -0.2) is 4.39 Å². The molecule has 0 bridgehead atoms. The van der Waals surface area contributed by atoms with Gasteiger partial charge >= 0.3 is 0 Å². The second-order valence-electron chi connectivity index (χ2n) is 7.12. The van der Waals surface area contributed by atoms with Gasteiger partial charge in [0.05, 0.1) is 6.61 Å². The largest absolute Gasteiger partial charge is 0.491 e. The average Bonchev–Trinajstić information content (AvgIpc) is 2.86. The molecule has 0 N–H and O–H groups in total. The number of Topliss-reactive ketones (excluding diaryl/α,β-unsaturated/α-hetero) is 1. The van der Waals surface area contributed by atoms with Crippen molar-refractivity contribution in [3.63, 3.8) is 0 Å². The fourth-order valence-electron chi connectivity index (χ4n) is 3.16. The normalized spacial score (nSPS) is 14.7. The van der Waals surface area contributed by atoms with Gasteiger partial charge in [-0.05, 0) is 56.5 Å². The van der Waals surface area contributed by atoms with Gasteiger partial charge in [-0.2, -0.15) is 0 Å². The summed E-state index contributed by atoms with van der Waals surface area (Å²) in [6, 6.07) is 10.9. The Bertz CT molecular complexity index is 796. The first-order valence-corrected chi connectivity index (χ1v) is 8.59. The number of ketones is 1. The molecule has 1 aliphatic heterocycles. The zero-order chi connectivity index (χ0) is 18.0. The van der Waals surface area contributed by atoms with Crippen LogP contribution >= 0.6 is 0 Å². The van der Waals surface area contributed by atoms with Gasteiger partial charge in [0, 0.05) is 18.4 Å². The summed E-state index contributed by atoms with van der Waals surface area (Å²) in [7, 11) is 0. The highest BCUT2D eigenvalue weighted by atomic mass is 19.1.